The number of rotatable bonds is 5. The van der Waals surface area contributed by atoms with Crippen LogP contribution in [0.1, 0.15) is 27.0 Å². The summed E-state index contributed by atoms with van der Waals surface area (Å²) in [7, 11) is 1.61. The molecular formula is C26H21NO3. The lowest BCUT2D eigenvalue weighted by Gasteiger charge is -2.04. The Balaban J connectivity index is 1.40. The molecule has 30 heavy (non-hydrogen) atoms. The van der Waals surface area contributed by atoms with Crippen LogP contribution >= 0.6 is 0 Å². The zero-order valence-corrected chi connectivity index (χ0v) is 16.6. The Labute approximate surface area is 175 Å². The van der Waals surface area contributed by atoms with Crippen molar-refractivity contribution in [1.82, 2.24) is 0 Å². The van der Waals surface area contributed by atoms with Crippen LogP contribution in [0, 0.1) is 0 Å². The number of anilines is 1. The van der Waals surface area contributed by atoms with Crippen molar-refractivity contribution < 1.29 is 14.3 Å². The highest BCUT2D eigenvalue weighted by molar-refractivity contribution is 6.15. The van der Waals surface area contributed by atoms with Crippen molar-refractivity contribution >= 4 is 29.5 Å². The summed E-state index contributed by atoms with van der Waals surface area (Å²) in [4.78, 5) is 24.7. The second-order valence-electron chi connectivity index (χ2n) is 7.05. The molecule has 0 fully saturated rings. The van der Waals surface area contributed by atoms with E-state index in [0.717, 1.165) is 33.6 Å². The van der Waals surface area contributed by atoms with Crippen LogP contribution < -0.4 is 10.1 Å². The predicted molar refractivity (Wildman–Crippen MR) is 120 cm³/mol. The molecule has 4 nitrogen and oxygen atoms in total. The van der Waals surface area contributed by atoms with Gasteiger partial charge in [0.2, 0.25) is 5.91 Å². The van der Waals surface area contributed by atoms with E-state index >= 15 is 0 Å². The number of ether oxygens (including phenoxy) is 1. The number of benzene rings is 3. The number of nitrogens with one attached hydrogen (secondary N) is 1. The number of carbonyl (C=O) groups excluding carboxylic acids is 2. The Morgan fingerprint density at radius 3 is 2.53 bits per heavy atom. The average Bonchev–Trinajstić information content (AvgIpc) is 3.09. The first-order valence-electron chi connectivity index (χ1n) is 9.69. The number of hydrogen-bond acceptors (Lipinski definition) is 3. The second kappa shape index (κ2) is 8.62. The molecule has 1 aliphatic carbocycles. The van der Waals surface area contributed by atoms with Gasteiger partial charge in [-0.1, -0.05) is 48.5 Å². The molecule has 0 unspecified atom stereocenters. The van der Waals surface area contributed by atoms with E-state index in [1.165, 1.54) is 6.08 Å². The van der Waals surface area contributed by atoms with Crippen molar-refractivity contribution in [2.45, 2.75) is 6.42 Å². The third kappa shape index (κ3) is 4.39. The van der Waals surface area contributed by atoms with Gasteiger partial charge in [0, 0.05) is 29.3 Å². The largest absolute Gasteiger partial charge is 0.497 e. The molecule has 0 spiro atoms. The van der Waals surface area contributed by atoms with Crippen LogP contribution in [0.25, 0.3) is 12.2 Å². The zero-order chi connectivity index (χ0) is 20.9. The molecule has 0 saturated carbocycles. The molecule has 0 saturated heterocycles. The predicted octanol–water partition coefficient (Wildman–Crippen LogP) is 5.17. The molecular weight excluding hydrogens is 374 g/mol. The highest BCUT2D eigenvalue weighted by Gasteiger charge is 2.23. The summed E-state index contributed by atoms with van der Waals surface area (Å²) in [5.41, 5.74) is 5.15. The van der Waals surface area contributed by atoms with Crippen molar-refractivity contribution in [3.63, 3.8) is 0 Å². The summed E-state index contributed by atoms with van der Waals surface area (Å²) in [6.07, 6.45) is 5.79. The standard InChI is InChI=1S/C26H21NO3/c1-30-23-7-4-5-18(16-23)11-14-25(28)27-22-12-9-19(10-13-22)15-21-17-20-6-2-3-8-24(20)26(21)29/h2-16H,17H2,1H3,(H,27,28)/b14-11+,21-15+. The van der Waals surface area contributed by atoms with E-state index in [1.807, 2.05) is 78.9 Å². The van der Waals surface area contributed by atoms with E-state index in [4.69, 9.17) is 4.74 Å². The summed E-state index contributed by atoms with van der Waals surface area (Å²) in [5, 5.41) is 2.84. The number of Topliss-reactive ketones (excluding diaryl/α,β-unsaturated/α-hetero) is 1. The molecule has 1 N–H and O–H groups in total. The Morgan fingerprint density at radius 1 is 0.967 bits per heavy atom. The summed E-state index contributed by atoms with van der Waals surface area (Å²) >= 11 is 0. The molecule has 0 bridgehead atoms. The molecule has 1 aliphatic rings. The van der Waals surface area contributed by atoms with Crippen LogP contribution in [0.3, 0.4) is 0 Å². The van der Waals surface area contributed by atoms with Crippen LogP contribution in [-0.4, -0.2) is 18.8 Å². The first-order chi connectivity index (χ1) is 14.6. The SMILES string of the molecule is COc1cccc(/C=C/C(=O)Nc2ccc(/C=C3\Cc4ccccc4C3=O)cc2)c1. The van der Waals surface area contributed by atoms with E-state index in [0.29, 0.717) is 12.1 Å². The fourth-order valence-corrected chi connectivity index (χ4v) is 3.44. The number of amides is 1. The van der Waals surface area contributed by atoms with Crippen molar-refractivity contribution in [2.75, 3.05) is 12.4 Å². The maximum atomic E-state index is 12.5. The topological polar surface area (TPSA) is 55.4 Å². The number of fused-ring (bicyclic) bond motifs is 1. The summed E-state index contributed by atoms with van der Waals surface area (Å²) in [6, 6.07) is 22.6. The molecule has 0 aromatic heterocycles. The Morgan fingerprint density at radius 2 is 1.77 bits per heavy atom. The van der Waals surface area contributed by atoms with Gasteiger partial charge < -0.3 is 10.1 Å². The minimum atomic E-state index is -0.217. The van der Waals surface area contributed by atoms with Crippen LogP contribution in [0.15, 0.2) is 84.4 Å². The molecule has 0 aliphatic heterocycles. The van der Waals surface area contributed by atoms with Crippen molar-refractivity contribution in [3.05, 3.63) is 107 Å². The lowest BCUT2D eigenvalue weighted by Crippen LogP contribution is -2.07. The molecule has 3 aromatic rings. The monoisotopic (exact) mass is 395 g/mol. The van der Waals surface area contributed by atoms with E-state index in [9.17, 15) is 9.59 Å². The lowest BCUT2D eigenvalue weighted by molar-refractivity contribution is -0.111. The van der Waals surface area contributed by atoms with Crippen LogP contribution in [0.5, 0.6) is 5.75 Å². The Bertz CT molecular complexity index is 1160. The molecule has 1 amide bonds. The van der Waals surface area contributed by atoms with Gasteiger partial charge in [-0.25, -0.2) is 0 Å². The normalized spacial score (nSPS) is 14.2. The van der Waals surface area contributed by atoms with Gasteiger partial charge >= 0.3 is 0 Å². The van der Waals surface area contributed by atoms with Gasteiger partial charge in [-0.15, -0.1) is 0 Å². The Hall–Kier alpha value is -3.92. The van der Waals surface area contributed by atoms with Crippen molar-refractivity contribution in [3.8, 4) is 5.75 Å². The van der Waals surface area contributed by atoms with E-state index in [-0.39, 0.29) is 11.7 Å². The van der Waals surface area contributed by atoms with Crippen LogP contribution in [0.4, 0.5) is 5.69 Å². The number of ketones is 1. The molecule has 3 aromatic carbocycles. The van der Waals surface area contributed by atoms with Gasteiger partial charge in [0.05, 0.1) is 7.11 Å². The number of allylic oxidation sites excluding steroid dienone is 1. The molecule has 4 heteroatoms. The maximum absolute atomic E-state index is 12.5. The molecule has 148 valence electrons. The van der Waals surface area contributed by atoms with Gasteiger partial charge in [-0.2, -0.15) is 0 Å². The fraction of sp³-hybridized carbons (Fsp3) is 0.0769. The van der Waals surface area contributed by atoms with Crippen LogP contribution in [-0.2, 0) is 11.2 Å². The number of hydrogen-bond donors (Lipinski definition) is 1. The second-order valence-corrected chi connectivity index (χ2v) is 7.05. The fourth-order valence-electron chi connectivity index (χ4n) is 3.44. The van der Waals surface area contributed by atoms with Gasteiger partial charge in [-0.3, -0.25) is 9.59 Å². The summed E-state index contributed by atoms with van der Waals surface area (Å²) in [5.74, 6) is 0.613. The number of carbonyl (C=O) groups is 2. The summed E-state index contributed by atoms with van der Waals surface area (Å²) in [6.45, 7) is 0. The van der Waals surface area contributed by atoms with Crippen LogP contribution in [0.2, 0.25) is 0 Å². The maximum Gasteiger partial charge on any atom is 0.248 e. The number of methoxy groups -OCH3 is 1. The molecule has 4 rings (SSSR count). The summed E-state index contributed by atoms with van der Waals surface area (Å²) < 4.78 is 5.18. The van der Waals surface area contributed by atoms with Gasteiger partial charge in [0.25, 0.3) is 0 Å². The minimum Gasteiger partial charge on any atom is -0.497 e. The third-order valence-electron chi connectivity index (χ3n) is 4.97. The van der Waals surface area contributed by atoms with Crippen molar-refractivity contribution in [1.29, 1.82) is 0 Å². The van der Waals surface area contributed by atoms with Gasteiger partial charge in [-0.05, 0) is 53.1 Å². The molecule has 0 radical (unpaired) electrons. The third-order valence-corrected chi connectivity index (χ3v) is 4.97. The van der Waals surface area contributed by atoms with Crippen molar-refractivity contribution in [2.24, 2.45) is 0 Å². The minimum absolute atomic E-state index is 0.0886. The highest BCUT2D eigenvalue weighted by atomic mass is 16.5. The lowest BCUT2D eigenvalue weighted by atomic mass is 10.1. The first kappa shape index (κ1) is 19.4. The zero-order valence-electron chi connectivity index (χ0n) is 16.6. The average molecular weight is 395 g/mol. The molecule has 0 heterocycles. The molecule has 0 atom stereocenters. The van der Waals surface area contributed by atoms with E-state index in [2.05, 4.69) is 5.32 Å². The van der Waals surface area contributed by atoms with E-state index < -0.39 is 0 Å². The Kier molecular flexibility index (Phi) is 5.57. The van der Waals surface area contributed by atoms with Gasteiger partial charge in [0.1, 0.15) is 5.75 Å². The van der Waals surface area contributed by atoms with E-state index in [1.54, 1.807) is 13.2 Å². The van der Waals surface area contributed by atoms with Gasteiger partial charge in [0.15, 0.2) is 5.78 Å². The first-order valence-corrected chi connectivity index (χ1v) is 9.69. The smallest absolute Gasteiger partial charge is 0.248 e. The quantitative estimate of drug-likeness (QED) is 0.607. The highest BCUT2D eigenvalue weighted by Crippen LogP contribution is 2.27.